The molecule has 0 aliphatic carbocycles. The fourth-order valence-corrected chi connectivity index (χ4v) is 2.84. The quantitative estimate of drug-likeness (QED) is 0.882. The van der Waals surface area contributed by atoms with Gasteiger partial charge in [0.1, 0.15) is 10.7 Å². The number of aromatic nitrogens is 1. The molecule has 20 heavy (non-hydrogen) atoms. The lowest BCUT2D eigenvalue weighted by Gasteiger charge is -2.21. The van der Waals surface area contributed by atoms with E-state index in [1.807, 2.05) is 18.2 Å². The van der Waals surface area contributed by atoms with E-state index in [-0.39, 0.29) is 5.15 Å². The molecular formula is C15H14ClN3O. The molecule has 3 rings (SSSR count). The summed E-state index contributed by atoms with van der Waals surface area (Å²) in [4.78, 5) is 17.8. The van der Waals surface area contributed by atoms with E-state index in [0.717, 1.165) is 30.8 Å². The van der Waals surface area contributed by atoms with Crippen LogP contribution in [0.5, 0.6) is 0 Å². The van der Waals surface area contributed by atoms with E-state index in [1.165, 1.54) is 5.56 Å². The van der Waals surface area contributed by atoms with Crippen molar-refractivity contribution in [2.24, 2.45) is 5.73 Å². The van der Waals surface area contributed by atoms with Crippen molar-refractivity contribution in [3.8, 4) is 0 Å². The number of amides is 1. The summed E-state index contributed by atoms with van der Waals surface area (Å²) >= 11 is 6.03. The van der Waals surface area contributed by atoms with Crippen LogP contribution in [0, 0.1) is 0 Å². The molecule has 4 nitrogen and oxygen atoms in total. The molecule has 1 aliphatic heterocycles. The van der Waals surface area contributed by atoms with Crippen LogP contribution in [0.15, 0.2) is 36.5 Å². The summed E-state index contributed by atoms with van der Waals surface area (Å²) in [6.07, 6.45) is 2.59. The summed E-state index contributed by atoms with van der Waals surface area (Å²) in [5, 5.41) is 0.177. The number of nitrogens with two attached hydrogens (primary N) is 1. The van der Waals surface area contributed by atoms with Gasteiger partial charge in [0.15, 0.2) is 0 Å². The van der Waals surface area contributed by atoms with Crippen molar-refractivity contribution < 1.29 is 4.79 Å². The fourth-order valence-electron chi connectivity index (χ4n) is 2.61. The molecule has 0 saturated heterocycles. The van der Waals surface area contributed by atoms with Gasteiger partial charge in [-0.25, -0.2) is 4.98 Å². The Morgan fingerprint density at radius 2 is 2.10 bits per heavy atom. The maximum absolute atomic E-state index is 11.7. The first-order valence-electron chi connectivity index (χ1n) is 6.43. The summed E-state index contributed by atoms with van der Waals surface area (Å²) in [7, 11) is 0. The number of carbonyl (C=O) groups excluding carboxylic acids is 1. The summed E-state index contributed by atoms with van der Waals surface area (Å²) in [5.74, 6) is -0.528. The Bertz CT molecular complexity index is 658. The van der Waals surface area contributed by atoms with Crippen molar-refractivity contribution in [1.82, 2.24) is 4.98 Å². The molecule has 1 amide bonds. The summed E-state index contributed by atoms with van der Waals surface area (Å²) in [6.45, 7) is 1.57. The molecule has 1 aromatic heterocycles. The number of benzene rings is 1. The van der Waals surface area contributed by atoms with Crippen molar-refractivity contribution in [3.05, 3.63) is 58.4 Å². The Labute approximate surface area is 122 Å². The van der Waals surface area contributed by atoms with Gasteiger partial charge < -0.3 is 10.6 Å². The van der Waals surface area contributed by atoms with Crippen LogP contribution in [0.1, 0.15) is 21.5 Å². The largest absolute Gasteiger partial charge is 0.366 e. The predicted octanol–water partition coefficient (Wildman–Crippen LogP) is 2.40. The third-order valence-electron chi connectivity index (χ3n) is 3.51. The fraction of sp³-hybridized carbons (Fsp3) is 0.200. The van der Waals surface area contributed by atoms with Crippen LogP contribution in [-0.4, -0.2) is 17.4 Å². The highest BCUT2D eigenvalue weighted by molar-refractivity contribution is 6.33. The first kappa shape index (κ1) is 12.9. The minimum absolute atomic E-state index is 0.177. The van der Waals surface area contributed by atoms with E-state index < -0.39 is 5.91 Å². The molecule has 0 bridgehead atoms. The standard InChI is InChI=1S/C15H14ClN3O/c16-14-12(15(17)20)13-11(8-18-14)6-7-19(13)9-10-4-2-1-3-5-10/h1-5,8H,6-7,9H2,(H2,17,20). The van der Waals surface area contributed by atoms with Crippen LogP contribution in [0.2, 0.25) is 5.15 Å². The number of halogens is 1. The van der Waals surface area contributed by atoms with Gasteiger partial charge in [0.2, 0.25) is 0 Å². The average molecular weight is 288 g/mol. The van der Waals surface area contributed by atoms with Crippen molar-refractivity contribution in [2.45, 2.75) is 13.0 Å². The molecule has 0 spiro atoms. The van der Waals surface area contributed by atoms with Gasteiger partial charge in [0, 0.05) is 19.3 Å². The second-order valence-electron chi connectivity index (χ2n) is 4.82. The lowest BCUT2D eigenvalue weighted by Crippen LogP contribution is -2.24. The molecule has 0 unspecified atom stereocenters. The zero-order valence-corrected chi connectivity index (χ0v) is 11.6. The molecule has 2 N–H and O–H groups in total. The molecular weight excluding hydrogens is 274 g/mol. The third-order valence-corrected chi connectivity index (χ3v) is 3.80. The van der Waals surface area contributed by atoms with E-state index in [1.54, 1.807) is 6.20 Å². The van der Waals surface area contributed by atoms with Gasteiger partial charge in [0.25, 0.3) is 5.91 Å². The van der Waals surface area contributed by atoms with Crippen LogP contribution in [0.4, 0.5) is 5.69 Å². The number of anilines is 1. The SMILES string of the molecule is NC(=O)c1c(Cl)ncc2c1N(Cc1ccccc1)CC2. The number of pyridine rings is 1. The van der Waals surface area contributed by atoms with E-state index in [0.29, 0.717) is 5.56 Å². The van der Waals surface area contributed by atoms with E-state index >= 15 is 0 Å². The van der Waals surface area contributed by atoms with Crippen LogP contribution in [-0.2, 0) is 13.0 Å². The van der Waals surface area contributed by atoms with Crippen LogP contribution in [0.25, 0.3) is 0 Å². The first-order chi connectivity index (χ1) is 9.66. The van der Waals surface area contributed by atoms with Gasteiger partial charge in [-0.15, -0.1) is 0 Å². The normalized spacial score (nSPS) is 13.3. The molecule has 5 heteroatoms. The number of primary amides is 1. The Kier molecular flexibility index (Phi) is 3.32. The van der Waals surface area contributed by atoms with Crippen molar-refractivity contribution >= 4 is 23.2 Å². The predicted molar refractivity (Wildman–Crippen MR) is 79.0 cm³/mol. The average Bonchev–Trinajstić information content (AvgIpc) is 2.82. The molecule has 0 atom stereocenters. The molecule has 102 valence electrons. The smallest absolute Gasteiger partial charge is 0.253 e. The summed E-state index contributed by atoms with van der Waals surface area (Å²) in [6, 6.07) is 10.1. The Morgan fingerprint density at radius 3 is 2.80 bits per heavy atom. The van der Waals surface area contributed by atoms with Gasteiger partial charge in [-0.05, 0) is 17.5 Å². The summed E-state index contributed by atoms with van der Waals surface area (Å²) < 4.78 is 0. The molecule has 0 saturated carbocycles. The molecule has 1 aliphatic rings. The topological polar surface area (TPSA) is 59.2 Å². The lowest BCUT2D eigenvalue weighted by atomic mass is 10.1. The highest BCUT2D eigenvalue weighted by Gasteiger charge is 2.27. The minimum Gasteiger partial charge on any atom is -0.366 e. The van der Waals surface area contributed by atoms with E-state index in [2.05, 4.69) is 22.0 Å². The molecule has 1 aromatic carbocycles. The molecule has 0 fully saturated rings. The Morgan fingerprint density at radius 1 is 1.35 bits per heavy atom. The Balaban J connectivity index is 2.00. The molecule has 2 aromatic rings. The van der Waals surface area contributed by atoms with Crippen molar-refractivity contribution in [3.63, 3.8) is 0 Å². The van der Waals surface area contributed by atoms with Crippen molar-refractivity contribution in [2.75, 3.05) is 11.4 Å². The second-order valence-corrected chi connectivity index (χ2v) is 5.18. The number of fused-ring (bicyclic) bond motifs is 1. The van der Waals surface area contributed by atoms with Crippen LogP contribution < -0.4 is 10.6 Å². The highest BCUT2D eigenvalue weighted by atomic mass is 35.5. The number of rotatable bonds is 3. The van der Waals surface area contributed by atoms with E-state index in [9.17, 15) is 4.79 Å². The zero-order chi connectivity index (χ0) is 14.1. The van der Waals surface area contributed by atoms with Gasteiger partial charge in [-0.1, -0.05) is 41.9 Å². The van der Waals surface area contributed by atoms with Gasteiger partial charge in [0.05, 0.1) is 5.69 Å². The monoisotopic (exact) mass is 287 g/mol. The Hall–Kier alpha value is -2.07. The zero-order valence-electron chi connectivity index (χ0n) is 10.8. The van der Waals surface area contributed by atoms with Gasteiger partial charge in [-0.2, -0.15) is 0 Å². The third kappa shape index (κ3) is 2.23. The number of hydrogen-bond acceptors (Lipinski definition) is 3. The van der Waals surface area contributed by atoms with Gasteiger partial charge >= 0.3 is 0 Å². The van der Waals surface area contributed by atoms with E-state index in [4.69, 9.17) is 17.3 Å². The van der Waals surface area contributed by atoms with Gasteiger partial charge in [-0.3, -0.25) is 4.79 Å². The second kappa shape index (κ2) is 5.13. The highest BCUT2D eigenvalue weighted by Crippen LogP contribution is 2.35. The van der Waals surface area contributed by atoms with Crippen LogP contribution in [0.3, 0.4) is 0 Å². The molecule has 2 heterocycles. The van der Waals surface area contributed by atoms with Crippen LogP contribution >= 0.6 is 11.6 Å². The summed E-state index contributed by atoms with van der Waals surface area (Å²) in [5.41, 5.74) is 8.83. The lowest BCUT2D eigenvalue weighted by molar-refractivity contribution is 0.100. The number of nitrogens with zero attached hydrogens (tertiary/aromatic N) is 2. The van der Waals surface area contributed by atoms with Crippen molar-refractivity contribution in [1.29, 1.82) is 0 Å². The number of hydrogen-bond donors (Lipinski definition) is 1. The number of carbonyl (C=O) groups is 1. The maximum Gasteiger partial charge on any atom is 0.253 e. The molecule has 0 radical (unpaired) electrons. The first-order valence-corrected chi connectivity index (χ1v) is 6.80. The minimum atomic E-state index is -0.528. The maximum atomic E-state index is 11.7.